The lowest BCUT2D eigenvalue weighted by Gasteiger charge is -2.29. The van der Waals surface area contributed by atoms with Crippen molar-refractivity contribution in [3.63, 3.8) is 0 Å². The lowest BCUT2D eigenvalue weighted by atomic mass is 9.93. The molecule has 0 radical (unpaired) electrons. The van der Waals surface area contributed by atoms with Crippen molar-refractivity contribution in [3.8, 4) is 0 Å². The van der Waals surface area contributed by atoms with Crippen molar-refractivity contribution in [1.82, 2.24) is 0 Å². The molecule has 0 spiro atoms. The summed E-state index contributed by atoms with van der Waals surface area (Å²) in [6, 6.07) is 0. The number of hydrogen-bond donors (Lipinski definition) is 6. The van der Waals surface area contributed by atoms with Gasteiger partial charge in [0, 0.05) is 0 Å². The quantitative estimate of drug-likeness (QED) is 0.213. The van der Waals surface area contributed by atoms with Crippen molar-refractivity contribution in [2.45, 2.75) is 4.08 Å². The molecule has 0 aromatic carbocycles. The van der Waals surface area contributed by atoms with E-state index >= 15 is 0 Å². The topological polar surface area (TPSA) is 69.9 Å². The normalized spacial score (nSPS) is 12.9. The average molecular weight is 304 g/mol. The second kappa shape index (κ2) is 7.42. The van der Waals surface area contributed by atoms with E-state index in [1.807, 2.05) is 0 Å². The summed E-state index contributed by atoms with van der Waals surface area (Å²) in [5.74, 6) is 0. The maximum Gasteiger partial charge on any atom is 0.120 e. The van der Waals surface area contributed by atoms with Gasteiger partial charge >= 0.3 is 0 Å². The minimum absolute atomic E-state index is 0.0181. The summed E-state index contributed by atoms with van der Waals surface area (Å²) < 4.78 is 4.53. The Morgan fingerprint density at radius 2 is 1.50 bits per heavy atom. The first-order valence-electron chi connectivity index (χ1n) is 4.42. The molecule has 0 saturated carbocycles. The zero-order chi connectivity index (χ0) is 12.8. The Hall–Kier alpha value is 0.980. The Bertz CT molecular complexity index is 222. The summed E-state index contributed by atoms with van der Waals surface area (Å²) >= 11 is 17.0. The predicted octanol–water partition coefficient (Wildman–Crippen LogP) is -0.221. The summed E-state index contributed by atoms with van der Waals surface area (Å²) in [5, 5.41) is 27.1. The van der Waals surface area contributed by atoms with Crippen LogP contribution in [0.3, 0.4) is 0 Å². The van der Waals surface area contributed by atoms with Crippen LogP contribution in [-0.2, 0) is 4.74 Å². The van der Waals surface area contributed by atoms with Gasteiger partial charge in [-0.05, 0) is 0 Å². The largest absolute Gasteiger partial charge is 0.396 e. The summed E-state index contributed by atoms with van der Waals surface area (Å²) in [7, 11) is 0. The van der Waals surface area contributed by atoms with Crippen LogP contribution in [0.15, 0.2) is 0 Å². The first-order chi connectivity index (χ1) is 7.33. The molecule has 0 aromatic rings. The minimum atomic E-state index is -1.06. The highest BCUT2D eigenvalue weighted by atomic mass is 32.2. The second-order valence-corrected chi connectivity index (χ2v) is 6.63. The maximum absolute atomic E-state index is 9.04. The molecule has 0 saturated heterocycles. The van der Waals surface area contributed by atoms with Gasteiger partial charge in [0.2, 0.25) is 0 Å². The molecule has 0 fully saturated rings. The van der Waals surface area contributed by atoms with E-state index in [0.717, 1.165) is 0 Å². The van der Waals surface area contributed by atoms with E-state index in [-0.39, 0.29) is 37.2 Å². The fourth-order valence-corrected chi connectivity index (χ4v) is 1.06. The zero-order valence-electron chi connectivity index (χ0n) is 8.54. The number of thiocarbonyl (C=S) groups is 1. The van der Waals surface area contributed by atoms with Crippen molar-refractivity contribution in [2.75, 3.05) is 33.0 Å². The molecule has 16 heavy (non-hydrogen) atoms. The van der Waals surface area contributed by atoms with Crippen LogP contribution in [0.1, 0.15) is 0 Å². The molecular formula is C8H16O4S4. The number of thiol groups is 3. The van der Waals surface area contributed by atoms with E-state index in [9.17, 15) is 0 Å². The van der Waals surface area contributed by atoms with Crippen LogP contribution in [0, 0.1) is 5.41 Å². The van der Waals surface area contributed by atoms with Gasteiger partial charge in [-0.25, -0.2) is 0 Å². The van der Waals surface area contributed by atoms with Crippen molar-refractivity contribution in [3.05, 3.63) is 0 Å². The highest BCUT2D eigenvalue weighted by Gasteiger charge is 2.31. The molecule has 0 aliphatic heterocycles. The van der Waals surface area contributed by atoms with E-state index in [1.54, 1.807) is 0 Å². The summed E-state index contributed by atoms with van der Waals surface area (Å²) in [4.78, 5) is 0. The van der Waals surface area contributed by atoms with Crippen molar-refractivity contribution < 1.29 is 20.1 Å². The maximum atomic E-state index is 9.04. The Kier molecular flexibility index (Phi) is 7.88. The molecule has 4 nitrogen and oxygen atoms in total. The Morgan fingerprint density at radius 1 is 1.06 bits per heavy atom. The smallest absolute Gasteiger partial charge is 0.120 e. The Labute approximate surface area is 117 Å². The van der Waals surface area contributed by atoms with Gasteiger partial charge in [0.15, 0.2) is 0 Å². The highest BCUT2D eigenvalue weighted by molar-refractivity contribution is 8.17. The molecule has 0 bridgehead atoms. The lowest BCUT2D eigenvalue weighted by molar-refractivity contribution is -0.0565. The predicted molar refractivity (Wildman–Crippen MR) is 76.8 cm³/mol. The van der Waals surface area contributed by atoms with Crippen LogP contribution in [0.25, 0.3) is 0 Å². The van der Waals surface area contributed by atoms with Gasteiger partial charge in [-0.15, -0.1) is 12.6 Å². The molecule has 0 aliphatic carbocycles. The van der Waals surface area contributed by atoms with E-state index in [4.69, 9.17) is 32.3 Å². The third-order valence-electron chi connectivity index (χ3n) is 2.06. The molecule has 8 heteroatoms. The molecule has 0 amide bonds. The molecule has 0 heterocycles. The third-order valence-corrected chi connectivity index (χ3v) is 4.15. The fraction of sp³-hybridized carbons (Fsp3) is 0.875. The fourth-order valence-electron chi connectivity index (χ4n) is 0.759. The molecule has 0 unspecified atom stereocenters. The van der Waals surface area contributed by atoms with E-state index in [0.29, 0.717) is 0 Å². The van der Waals surface area contributed by atoms with Crippen LogP contribution in [0.5, 0.6) is 0 Å². The summed E-state index contributed by atoms with van der Waals surface area (Å²) in [5.41, 5.74) is -1.06. The van der Waals surface area contributed by atoms with Crippen LogP contribution in [0.2, 0.25) is 0 Å². The second-order valence-electron chi connectivity index (χ2n) is 3.59. The van der Waals surface area contributed by atoms with Gasteiger partial charge in [-0.2, -0.15) is 25.3 Å². The van der Waals surface area contributed by atoms with Crippen LogP contribution in [-0.4, -0.2) is 56.6 Å². The van der Waals surface area contributed by atoms with E-state index < -0.39 is 9.49 Å². The van der Waals surface area contributed by atoms with E-state index in [1.165, 1.54) is 0 Å². The Balaban J connectivity index is 4.19. The van der Waals surface area contributed by atoms with Gasteiger partial charge < -0.3 is 20.1 Å². The van der Waals surface area contributed by atoms with Crippen LogP contribution in [0.4, 0.5) is 0 Å². The number of aliphatic hydroxyl groups is 3. The van der Waals surface area contributed by atoms with Gasteiger partial charge in [0.1, 0.15) is 4.08 Å². The lowest BCUT2D eigenvalue weighted by Crippen LogP contribution is -2.40. The third kappa shape index (κ3) is 5.09. The van der Waals surface area contributed by atoms with Gasteiger partial charge in [-0.1, -0.05) is 12.2 Å². The van der Waals surface area contributed by atoms with E-state index in [2.05, 4.69) is 37.9 Å². The van der Waals surface area contributed by atoms with Gasteiger partial charge in [0.05, 0.1) is 42.6 Å². The molecule has 3 N–H and O–H groups in total. The molecule has 0 aromatic heterocycles. The van der Waals surface area contributed by atoms with Crippen molar-refractivity contribution in [1.29, 1.82) is 0 Å². The molecule has 0 aliphatic rings. The number of ether oxygens (including phenoxy) is 1. The highest BCUT2D eigenvalue weighted by Crippen LogP contribution is 2.25. The first kappa shape index (κ1) is 17.0. The van der Waals surface area contributed by atoms with Crippen molar-refractivity contribution >= 4 is 54.3 Å². The van der Waals surface area contributed by atoms with Gasteiger partial charge in [0.25, 0.3) is 0 Å². The van der Waals surface area contributed by atoms with Gasteiger partial charge in [-0.3, -0.25) is 0 Å². The Morgan fingerprint density at radius 3 is 1.81 bits per heavy atom. The summed E-state index contributed by atoms with van der Waals surface area (Å²) in [6.07, 6.45) is 0. The standard InChI is InChI=1S/C8H16O4S4/c9-1-7(2-10,3-11)4-12-5-8(15,16)6(13)14/h9-11,15-16H,1-5H2,(H,13,14). The monoisotopic (exact) mass is 304 g/mol. The number of aliphatic hydroxyl groups excluding tert-OH is 3. The number of hydrogen-bond acceptors (Lipinski definition) is 7. The summed E-state index contributed by atoms with van der Waals surface area (Å²) in [6.45, 7) is -1.09. The SMILES string of the molecule is OCC(CO)(CO)COCC(S)(S)C(=S)S. The zero-order valence-corrected chi connectivity index (χ0v) is 12.0. The number of rotatable bonds is 8. The molecule has 96 valence electrons. The van der Waals surface area contributed by atoms with Crippen LogP contribution < -0.4 is 0 Å². The molecule has 0 atom stereocenters. The average Bonchev–Trinajstić information content (AvgIpc) is 2.25. The molecule has 0 rings (SSSR count). The molecular weight excluding hydrogens is 288 g/mol. The minimum Gasteiger partial charge on any atom is -0.396 e. The van der Waals surface area contributed by atoms with Crippen molar-refractivity contribution in [2.24, 2.45) is 5.41 Å². The van der Waals surface area contributed by atoms with Crippen LogP contribution >= 0.6 is 50.1 Å². The first-order valence-corrected chi connectivity index (χ1v) is 6.17.